The Morgan fingerprint density at radius 1 is 1.17 bits per heavy atom. The van der Waals surface area contributed by atoms with Crippen molar-refractivity contribution in [2.45, 2.75) is 13.3 Å². The van der Waals surface area contributed by atoms with Crippen molar-refractivity contribution in [1.82, 2.24) is 20.0 Å². The van der Waals surface area contributed by atoms with Crippen molar-refractivity contribution in [2.75, 3.05) is 10.9 Å². The molecule has 0 saturated carbocycles. The van der Waals surface area contributed by atoms with Gasteiger partial charge in [0, 0.05) is 10.6 Å². The van der Waals surface area contributed by atoms with Gasteiger partial charge in [-0.15, -0.1) is 5.10 Å². The van der Waals surface area contributed by atoms with Crippen LogP contribution >= 0.6 is 11.6 Å². The molecule has 1 aromatic carbocycles. The van der Waals surface area contributed by atoms with Crippen LogP contribution in [0.3, 0.4) is 0 Å². The molecule has 0 spiro atoms. The van der Waals surface area contributed by atoms with Crippen LogP contribution in [0.25, 0.3) is 16.8 Å². The molecular formula is C16H13ClN6O. The number of rotatable bonds is 2. The summed E-state index contributed by atoms with van der Waals surface area (Å²) in [6.45, 7) is 2.04. The highest BCUT2D eigenvalue weighted by Gasteiger charge is 2.25. The van der Waals surface area contributed by atoms with Gasteiger partial charge in [0.25, 0.3) is 0 Å². The minimum absolute atomic E-state index is 0.313. The van der Waals surface area contributed by atoms with Crippen LogP contribution in [0.15, 0.2) is 41.3 Å². The van der Waals surface area contributed by atoms with Gasteiger partial charge >= 0.3 is 5.56 Å². The molecule has 1 aliphatic heterocycles. The van der Waals surface area contributed by atoms with E-state index in [4.69, 9.17) is 11.6 Å². The summed E-state index contributed by atoms with van der Waals surface area (Å²) < 4.78 is 1.71. The molecule has 0 saturated heterocycles. The van der Waals surface area contributed by atoms with Crippen molar-refractivity contribution < 1.29 is 0 Å². The summed E-state index contributed by atoms with van der Waals surface area (Å²) in [5.74, 6) is 0.757. The zero-order valence-electron chi connectivity index (χ0n) is 12.7. The molecule has 2 N–H and O–H groups in total. The molecule has 2 aromatic heterocycles. The monoisotopic (exact) mass is 340 g/mol. The van der Waals surface area contributed by atoms with Gasteiger partial charge in [0.05, 0.1) is 17.6 Å². The Hall–Kier alpha value is -2.93. The lowest BCUT2D eigenvalue weighted by molar-refractivity contribution is 0.836. The molecule has 1 aliphatic rings. The third-order valence-electron chi connectivity index (χ3n) is 3.88. The zero-order valence-corrected chi connectivity index (χ0v) is 13.5. The maximum absolute atomic E-state index is 12.0. The predicted molar refractivity (Wildman–Crippen MR) is 92.5 cm³/mol. The average molecular weight is 341 g/mol. The summed E-state index contributed by atoms with van der Waals surface area (Å²) in [6.07, 6.45) is 2.22. The quantitative estimate of drug-likeness (QED) is 0.746. The van der Waals surface area contributed by atoms with E-state index in [-0.39, 0.29) is 0 Å². The molecule has 8 heteroatoms. The number of aromatic nitrogens is 4. The number of nitrogens with one attached hydrogen (secondary N) is 2. The zero-order chi connectivity index (χ0) is 16.7. The second kappa shape index (κ2) is 5.61. The molecule has 7 nitrogen and oxygen atoms in total. The number of hydrazine groups is 1. The molecule has 0 fully saturated rings. The van der Waals surface area contributed by atoms with Crippen LogP contribution in [-0.4, -0.2) is 20.0 Å². The summed E-state index contributed by atoms with van der Waals surface area (Å²) in [7, 11) is 0. The Labute approximate surface area is 142 Å². The summed E-state index contributed by atoms with van der Waals surface area (Å²) in [5, 5.41) is 12.6. The second-order valence-electron chi connectivity index (χ2n) is 5.29. The summed E-state index contributed by atoms with van der Waals surface area (Å²) in [5.41, 5.74) is 9.31. The number of benzene rings is 1. The maximum Gasteiger partial charge on any atom is 0.315 e. The van der Waals surface area contributed by atoms with Crippen LogP contribution in [-0.2, 0) is 6.42 Å². The highest BCUT2D eigenvalue weighted by molar-refractivity contribution is 6.30. The Balaban J connectivity index is 1.99. The molecule has 0 atom stereocenters. The van der Waals surface area contributed by atoms with Crippen LogP contribution in [0.4, 0.5) is 11.5 Å². The van der Waals surface area contributed by atoms with E-state index in [2.05, 4.69) is 26.1 Å². The molecule has 24 heavy (non-hydrogen) atoms. The van der Waals surface area contributed by atoms with Gasteiger partial charge in [-0.25, -0.2) is 4.68 Å². The van der Waals surface area contributed by atoms with Crippen molar-refractivity contribution in [3.8, 4) is 16.8 Å². The van der Waals surface area contributed by atoms with E-state index in [1.54, 1.807) is 10.7 Å². The van der Waals surface area contributed by atoms with Gasteiger partial charge in [-0.3, -0.25) is 15.6 Å². The number of hydrogen-bond acceptors (Lipinski definition) is 6. The fraction of sp³-hybridized carbons (Fsp3) is 0.125. The number of anilines is 2. The van der Waals surface area contributed by atoms with Crippen molar-refractivity contribution in [1.29, 1.82) is 0 Å². The first kappa shape index (κ1) is 14.6. The normalized spacial score (nSPS) is 11.9. The van der Waals surface area contributed by atoms with E-state index >= 15 is 0 Å². The summed E-state index contributed by atoms with van der Waals surface area (Å²) in [4.78, 5) is 12.0. The smallest absolute Gasteiger partial charge is 0.292 e. The number of halogens is 1. The van der Waals surface area contributed by atoms with Crippen molar-refractivity contribution >= 4 is 23.1 Å². The second-order valence-corrected chi connectivity index (χ2v) is 5.73. The lowest BCUT2D eigenvalue weighted by Crippen LogP contribution is -2.25. The van der Waals surface area contributed by atoms with Crippen LogP contribution in [0.5, 0.6) is 0 Å². The van der Waals surface area contributed by atoms with E-state index in [1.807, 2.05) is 31.2 Å². The fourth-order valence-electron chi connectivity index (χ4n) is 2.77. The van der Waals surface area contributed by atoms with Gasteiger partial charge in [0.15, 0.2) is 5.82 Å². The van der Waals surface area contributed by atoms with Gasteiger partial charge in [0.1, 0.15) is 5.69 Å². The molecule has 0 unspecified atom stereocenters. The molecule has 0 bridgehead atoms. The highest BCUT2D eigenvalue weighted by Crippen LogP contribution is 2.37. The average Bonchev–Trinajstić information content (AvgIpc) is 2.87. The molecule has 0 amide bonds. The van der Waals surface area contributed by atoms with Gasteiger partial charge in [-0.05, 0) is 30.2 Å². The van der Waals surface area contributed by atoms with Crippen LogP contribution in [0.2, 0.25) is 5.02 Å². The van der Waals surface area contributed by atoms with Crippen molar-refractivity contribution in [2.24, 2.45) is 0 Å². The third kappa shape index (κ3) is 2.21. The Kier molecular flexibility index (Phi) is 3.42. The van der Waals surface area contributed by atoms with E-state index < -0.39 is 5.56 Å². The summed E-state index contributed by atoms with van der Waals surface area (Å²) in [6, 6.07) is 9.29. The predicted octanol–water partition coefficient (Wildman–Crippen LogP) is 2.66. The maximum atomic E-state index is 12.0. The van der Waals surface area contributed by atoms with Gasteiger partial charge in [0.2, 0.25) is 0 Å². The number of hydrogen-bond donors (Lipinski definition) is 2. The first-order valence-corrected chi connectivity index (χ1v) is 7.83. The highest BCUT2D eigenvalue weighted by atomic mass is 35.5. The van der Waals surface area contributed by atoms with Crippen LogP contribution < -0.4 is 16.4 Å². The Bertz CT molecular complexity index is 983. The van der Waals surface area contributed by atoms with Crippen molar-refractivity contribution in [3.05, 3.63) is 57.6 Å². The van der Waals surface area contributed by atoms with Gasteiger partial charge in [-0.2, -0.15) is 10.2 Å². The third-order valence-corrected chi connectivity index (χ3v) is 4.13. The van der Waals surface area contributed by atoms with Crippen molar-refractivity contribution in [3.63, 3.8) is 0 Å². The first-order valence-electron chi connectivity index (χ1n) is 7.45. The fourth-order valence-corrected chi connectivity index (χ4v) is 2.89. The molecule has 120 valence electrons. The van der Waals surface area contributed by atoms with E-state index in [0.717, 1.165) is 29.1 Å². The van der Waals surface area contributed by atoms with E-state index in [1.165, 1.54) is 6.20 Å². The summed E-state index contributed by atoms with van der Waals surface area (Å²) >= 11 is 5.99. The Morgan fingerprint density at radius 3 is 2.71 bits per heavy atom. The van der Waals surface area contributed by atoms with E-state index in [0.29, 0.717) is 16.4 Å². The number of nitrogens with zero attached hydrogens (tertiary/aromatic N) is 4. The largest absolute Gasteiger partial charge is 0.315 e. The molecule has 4 rings (SSSR count). The molecule has 0 radical (unpaired) electrons. The lowest BCUT2D eigenvalue weighted by atomic mass is 10.0. The standard InChI is InChI=1S/C16H13ClN6O/c1-2-11-13(9-3-5-10(17)6-4-9)15-20-19-14-12(23(15)22-11)7-8-18-21-16(14)24/h3-8,19-20H,2H2,1H3. The minimum atomic E-state index is -0.449. The topological polar surface area (TPSA) is 84.7 Å². The van der Waals surface area contributed by atoms with Gasteiger partial charge in [-0.1, -0.05) is 30.7 Å². The first-order chi connectivity index (χ1) is 11.7. The minimum Gasteiger partial charge on any atom is -0.292 e. The van der Waals surface area contributed by atoms with E-state index in [9.17, 15) is 4.79 Å². The molecule has 3 heterocycles. The lowest BCUT2D eigenvalue weighted by Gasteiger charge is -2.19. The molecular weight excluding hydrogens is 328 g/mol. The van der Waals surface area contributed by atoms with Crippen LogP contribution in [0.1, 0.15) is 12.6 Å². The van der Waals surface area contributed by atoms with Gasteiger partial charge < -0.3 is 0 Å². The van der Waals surface area contributed by atoms with Crippen LogP contribution in [0, 0.1) is 0 Å². The molecule has 0 aliphatic carbocycles. The molecule has 3 aromatic rings. The number of aryl methyl sites for hydroxylation is 1. The SMILES string of the molecule is CCc1nn2c(c1-c1ccc(Cl)cc1)NNc1c-2ccnnc1=O. The Morgan fingerprint density at radius 2 is 1.96 bits per heavy atom. The number of fused-ring (bicyclic) bond motifs is 3.